The summed E-state index contributed by atoms with van der Waals surface area (Å²) in [4.78, 5) is 13.0. The number of ether oxygens (including phenoxy) is 1. The number of aromatic carboxylic acids is 1. The van der Waals surface area contributed by atoms with E-state index in [9.17, 15) is 4.79 Å². The fourth-order valence-corrected chi connectivity index (χ4v) is 2.30. The lowest BCUT2D eigenvalue weighted by molar-refractivity contribution is 0.0697. The molecule has 0 aliphatic carbocycles. The summed E-state index contributed by atoms with van der Waals surface area (Å²) in [5.41, 5.74) is 1.48. The molecule has 1 heterocycles. The Balaban J connectivity index is 1.86. The van der Waals surface area contributed by atoms with E-state index in [4.69, 9.17) is 9.84 Å². The van der Waals surface area contributed by atoms with Crippen LogP contribution in [0.15, 0.2) is 24.3 Å². The molecule has 0 amide bonds. The molecule has 0 aromatic heterocycles. The van der Waals surface area contributed by atoms with E-state index in [0.29, 0.717) is 11.5 Å². The second-order valence-electron chi connectivity index (χ2n) is 4.93. The fraction of sp³-hybridized carbons (Fsp3) is 0.500. The second-order valence-corrected chi connectivity index (χ2v) is 4.93. The van der Waals surface area contributed by atoms with Crippen LogP contribution in [0.2, 0.25) is 0 Å². The van der Waals surface area contributed by atoms with Gasteiger partial charge in [0.1, 0.15) is 0 Å². The van der Waals surface area contributed by atoms with Gasteiger partial charge >= 0.3 is 5.97 Å². The summed E-state index contributed by atoms with van der Waals surface area (Å²) in [6.07, 6.45) is 1.14. The zero-order valence-electron chi connectivity index (χ0n) is 10.6. The predicted molar refractivity (Wildman–Crippen MR) is 68.7 cm³/mol. The maximum atomic E-state index is 10.7. The minimum absolute atomic E-state index is 0.339. The number of benzene rings is 1. The zero-order chi connectivity index (χ0) is 13.0. The van der Waals surface area contributed by atoms with E-state index < -0.39 is 5.97 Å². The van der Waals surface area contributed by atoms with Crippen molar-refractivity contribution in [1.82, 2.24) is 4.90 Å². The third-order valence-corrected chi connectivity index (χ3v) is 3.25. The third kappa shape index (κ3) is 3.55. The fourth-order valence-electron chi connectivity index (χ4n) is 2.30. The van der Waals surface area contributed by atoms with E-state index in [2.05, 4.69) is 11.9 Å². The molecule has 1 N–H and O–H groups in total. The normalized spacial score (nSPS) is 19.3. The van der Waals surface area contributed by atoms with Crippen LogP contribution in [0.25, 0.3) is 0 Å². The first-order chi connectivity index (χ1) is 8.65. The van der Waals surface area contributed by atoms with Gasteiger partial charge in [-0.2, -0.15) is 0 Å². The summed E-state index contributed by atoms with van der Waals surface area (Å²) >= 11 is 0. The zero-order valence-corrected chi connectivity index (χ0v) is 10.6. The predicted octanol–water partition coefficient (Wildman–Crippen LogP) is 1.85. The van der Waals surface area contributed by atoms with E-state index in [1.807, 2.05) is 12.1 Å². The lowest BCUT2D eigenvalue weighted by atomic mass is 10.1. The first kappa shape index (κ1) is 13.1. The van der Waals surface area contributed by atoms with Gasteiger partial charge in [-0.15, -0.1) is 0 Å². The molecule has 1 saturated heterocycles. The minimum Gasteiger partial charge on any atom is -0.478 e. The highest BCUT2D eigenvalue weighted by Crippen LogP contribution is 2.15. The van der Waals surface area contributed by atoms with E-state index in [1.165, 1.54) is 0 Å². The first-order valence-electron chi connectivity index (χ1n) is 6.23. The van der Waals surface area contributed by atoms with Crippen LogP contribution in [-0.2, 0) is 11.3 Å². The summed E-state index contributed by atoms with van der Waals surface area (Å²) in [5.74, 6) is -0.244. The number of carboxylic acid groups (broad SMARTS) is 1. The third-order valence-electron chi connectivity index (χ3n) is 3.25. The van der Waals surface area contributed by atoms with Gasteiger partial charge in [-0.3, -0.25) is 0 Å². The first-order valence-corrected chi connectivity index (χ1v) is 6.23. The average Bonchev–Trinajstić information content (AvgIpc) is 2.82. The molecule has 0 saturated carbocycles. The Bertz CT molecular complexity index is 396. The highest BCUT2D eigenvalue weighted by molar-refractivity contribution is 5.87. The van der Waals surface area contributed by atoms with Crippen LogP contribution in [-0.4, -0.2) is 42.8 Å². The van der Waals surface area contributed by atoms with Crippen molar-refractivity contribution in [3.05, 3.63) is 35.4 Å². The van der Waals surface area contributed by atoms with E-state index in [0.717, 1.165) is 38.3 Å². The molecule has 98 valence electrons. The molecule has 0 bridgehead atoms. The molecule has 0 spiro atoms. The Labute approximate surface area is 107 Å². The van der Waals surface area contributed by atoms with Gasteiger partial charge < -0.3 is 14.7 Å². The molecule has 1 fully saturated rings. The molecule has 1 aliphatic rings. The summed E-state index contributed by atoms with van der Waals surface area (Å²) in [5, 5.41) is 8.82. The van der Waals surface area contributed by atoms with Crippen molar-refractivity contribution < 1.29 is 14.6 Å². The molecule has 1 aromatic rings. The summed E-state index contributed by atoms with van der Waals surface area (Å²) in [7, 11) is 2.09. The van der Waals surface area contributed by atoms with Crippen LogP contribution in [0, 0.1) is 5.92 Å². The molecule has 2 rings (SSSR count). The van der Waals surface area contributed by atoms with Gasteiger partial charge in [-0.25, -0.2) is 4.79 Å². The van der Waals surface area contributed by atoms with Crippen molar-refractivity contribution in [2.24, 2.45) is 5.92 Å². The van der Waals surface area contributed by atoms with Crippen LogP contribution in [0.5, 0.6) is 0 Å². The quantitative estimate of drug-likeness (QED) is 0.865. The van der Waals surface area contributed by atoms with Crippen LogP contribution in [0.3, 0.4) is 0 Å². The van der Waals surface area contributed by atoms with E-state index in [1.54, 1.807) is 12.1 Å². The molecule has 0 radical (unpaired) electrons. The highest BCUT2D eigenvalue weighted by atomic mass is 16.5. The summed E-state index contributed by atoms with van der Waals surface area (Å²) in [6.45, 7) is 3.62. The molecule has 1 atom stereocenters. The van der Waals surface area contributed by atoms with Crippen LogP contribution < -0.4 is 0 Å². The van der Waals surface area contributed by atoms with Gasteiger partial charge in [-0.1, -0.05) is 12.1 Å². The molecule has 4 heteroatoms. The molecule has 1 aliphatic heterocycles. The van der Waals surface area contributed by atoms with Crippen molar-refractivity contribution in [2.45, 2.75) is 13.0 Å². The van der Waals surface area contributed by atoms with E-state index in [-0.39, 0.29) is 0 Å². The number of nitrogens with zero attached hydrogens (tertiary/aromatic N) is 1. The average molecular weight is 249 g/mol. The number of carbonyl (C=O) groups is 1. The Morgan fingerprint density at radius 1 is 1.44 bits per heavy atom. The summed E-state index contributed by atoms with van der Waals surface area (Å²) < 4.78 is 5.36. The Hall–Kier alpha value is -1.39. The molecular weight excluding hydrogens is 230 g/mol. The van der Waals surface area contributed by atoms with Crippen molar-refractivity contribution in [3.63, 3.8) is 0 Å². The molecule has 18 heavy (non-hydrogen) atoms. The van der Waals surface area contributed by atoms with Gasteiger partial charge in [0.15, 0.2) is 0 Å². The van der Waals surface area contributed by atoms with Gasteiger partial charge in [0.25, 0.3) is 0 Å². The number of rotatable bonds is 5. The lowest BCUT2D eigenvalue weighted by Gasteiger charge is -2.20. The van der Waals surface area contributed by atoms with E-state index >= 15 is 0 Å². The standard InChI is InChI=1S/C14H19NO3/c1-15(9-12-6-7-18-10-12)8-11-2-4-13(5-3-11)14(16)17/h2-5,12H,6-10H2,1H3,(H,16,17). The maximum absolute atomic E-state index is 10.7. The SMILES string of the molecule is CN(Cc1ccc(C(=O)O)cc1)CC1CCOC1. The van der Waals surface area contributed by atoms with Crippen LogP contribution in [0.1, 0.15) is 22.3 Å². The monoisotopic (exact) mass is 249 g/mol. The van der Waals surface area contributed by atoms with Gasteiger partial charge in [0.05, 0.1) is 12.2 Å². The largest absolute Gasteiger partial charge is 0.478 e. The lowest BCUT2D eigenvalue weighted by Crippen LogP contribution is -2.25. The van der Waals surface area contributed by atoms with Gasteiger partial charge in [0.2, 0.25) is 0 Å². The minimum atomic E-state index is -0.877. The van der Waals surface area contributed by atoms with Crippen molar-refractivity contribution >= 4 is 5.97 Å². The van der Waals surface area contributed by atoms with Crippen molar-refractivity contribution in [2.75, 3.05) is 26.8 Å². The number of hydrogen-bond donors (Lipinski definition) is 1. The molecule has 4 nitrogen and oxygen atoms in total. The molecular formula is C14H19NO3. The van der Waals surface area contributed by atoms with Gasteiger partial charge in [0, 0.05) is 19.7 Å². The van der Waals surface area contributed by atoms with Crippen molar-refractivity contribution in [1.29, 1.82) is 0 Å². The molecule has 1 unspecified atom stereocenters. The highest BCUT2D eigenvalue weighted by Gasteiger charge is 2.17. The number of hydrogen-bond acceptors (Lipinski definition) is 3. The second kappa shape index (κ2) is 5.98. The smallest absolute Gasteiger partial charge is 0.335 e. The van der Waals surface area contributed by atoms with Crippen LogP contribution in [0.4, 0.5) is 0 Å². The Morgan fingerprint density at radius 2 is 2.17 bits per heavy atom. The number of carboxylic acids is 1. The van der Waals surface area contributed by atoms with Crippen LogP contribution >= 0.6 is 0 Å². The topological polar surface area (TPSA) is 49.8 Å². The Kier molecular flexibility index (Phi) is 4.33. The molecule has 1 aromatic carbocycles. The summed E-state index contributed by atoms with van der Waals surface area (Å²) in [6, 6.07) is 7.07. The van der Waals surface area contributed by atoms with Crippen molar-refractivity contribution in [3.8, 4) is 0 Å². The maximum Gasteiger partial charge on any atom is 0.335 e. The Morgan fingerprint density at radius 3 is 2.72 bits per heavy atom. The van der Waals surface area contributed by atoms with Gasteiger partial charge in [-0.05, 0) is 37.1 Å².